The van der Waals surface area contributed by atoms with E-state index in [-0.39, 0.29) is 57.5 Å². The number of hydrogen-bond donors (Lipinski definition) is 3. The number of amides is 2. The van der Waals surface area contributed by atoms with Crippen molar-refractivity contribution in [2.24, 2.45) is 0 Å². The van der Waals surface area contributed by atoms with Crippen LogP contribution in [-0.4, -0.2) is 149 Å². The summed E-state index contributed by atoms with van der Waals surface area (Å²) in [5.74, 6) is -7.74. The topological polar surface area (TPSA) is 324 Å². The van der Waals surface area contributed by atoms with Crippen molar-refractivity contribution in [3.63, 3.8) is 0 Å². The zero-order valence-corrected chi connectivity index (χ0v) is 52.7. The molecule has 12 rings (SSSR count). The SMILES string of the molecule is C=[N+](C)c1cccc(O)c1.CN(C)c1ccc2c(-c3ccc(C(=O)ON4C(=O)CCC4=O)cc3C(=O)[O-])c3ccc(=[N+](C)C)cc-3oc2c1.CN(C)c1ccc2c(-c3ccc(C(=O)[O-])cc3C(=O)O)c3ccc(=[N+](C)C)cc-3oc2c1.O=C(O)c1ccc2c(c1)C(=O)OC2=O. The third-order valence-corrected chi connectivity index (χ3v) is 15.3. The molecule has 3 N–H and O–H groups in total. The molecular weight excluding hydrogens is 1220 g/mol. The zero-order valence-electron chi connectivity index (χ0n) is 52.7. The number of carboxylic acid groups (broad SMARTS) is 4. The van der Waals surface area contributed by atoms with Crippen molar-refractivity contribution >= 4 is 99.3 Å². The highest BCUT2D eigenvalue weighted by Crippen LogP contribution is 2.44. The van der Waals surface area contributed by atoms with E-state index in [0.29, 0.717) is 61.0 Å². The van der Waals surface area contributed by atoms with Crippen molar-refractivity contribution in [3.05, 3.63) is 201 Å². The van der Waals surface area contributed by atoms with E-state index in [4.69, 9.17) is 23.9 Å². The number of ether oxygens (including phenoxy) is 1. The molecule has 0 spiro atoms. The number of aromatic carboxylic acids is 4. The maximum absolute atomic E-state index is 12.7. The first kappa shape index (κ1) is 66.8. The molecule has 0 bridgehead atoms. The van der Waals surface area contributed by atoms with Gasteiger partial charge in [0.05, 0.1) is 58.0 Å². The summed E-state index contributed by atoms with van der Waals surface area (Å²) in [6, 6.07) is 41.3. The van der Waals surface area contributed by atoms with E-state index in [1.54, 1.807) is 22.8 Å². The Bertz CT molecular complexity index is 4960. The van der Waals surface area contributed by atoms with Gasteiger partial charge in [-0.1, -0.05) is 24.3 Å². The molecule has 24 heteroatoms. The van der Waals surface area contributed by atoms with E-state index in [2.05, 4.69) is 11.5 Å². The number of hydroxylamine groups is 2. The van der Waals surface area contributed by atoms with Gasteiger partial charge in [0.1, 0.15) is 70.4 Å². The van der Waals surface area contributed by atoms with E-state index in [1.165, 1.54) is 36.4 Å². The second-order valence-electron chi connectivity index (χ2n) is 22.6. The maximum Gasteiger partial charge on any atom is 0.363 e. The quantitative estimate of drug-likeness (QED) is 0.0319. The first-order chi connectivity index (χ1) is 45.0. The molecule has 95 heavy (non-hydrogen) atoms. The second-order valence-corrected chi connectivity index (χ2v) is 22.6. The summed E-state index contributed by atoms with van der Waals surface area (Å²) >= 11 is 0. The summed E-state index contributed by atoms with van der Waals surface area (Å²) in [4.78, 5) is 114. The van der Waals surface area contributed by atoms with Gasteiger partial charge in [-0.3, -0.25) is 9.59 Å². The lowest BCUT2D eigenvalue weighted by Crippen LogP contribution is -2.32. The number of carbonyl (C=O) groups excluding carboxylic acids is 7. The van der Waals surface area contributed by atoms with Crippen molar-refractivity contribution in [3.8, 4) is 50.7 Å². The number of hydrogen-bond acceptors (Lipinski definition) is 18. The van der Waals surface area contributed by atoms with Gasteiger partial charge < -0.3 is 63.3 Å². The number of fused-ring (bicyclic) bond motifs is 5. The lowest BCUT2D eigenvalue weighted by atomic mass is 9.89. The number of aromatic hydroxyl groups is 1. The van der Waals surface area contributed by atoms with E-state index >= 15 is 0 Å². The maximum atomic E-state index is 12.7. The number of anilines is 2. The molecule has 0 aromatic heterocycles. The van der Waals surface area contributed by atoms with Gasteiger partial charge in [0.25, 0.3) is 11.8 Å². The molecule has 1 fully saturated rings. The first-order valence-corrected chi connectivity index (χ1v) is 28.9. The largest absolute Gasteiger partial charge is 0.545 e. The predicted octanol–water partition coefficient (Wildman–Crippen LogP) is 6.31. The highest BCUT2D eigenvalue weighted by molar-refractivity contribution is 6.16. The van der Waals surface area contributed by atoms with Gasteiger partial charge in [-0.15, -0.1) is 5.06 Å². The van der Waals surface area contributed by atoms with Crippen molar-refractivity contribution < 1.29 is 91.7 Å². The van der Waals surface area contributed by atoms with Crippen LogP contribution < -0.4 is 39.9 Å². The summed E-state index contributed by atoms with van der Waals surface area (Å²) in [6.45, 7) is 3.67. The minimum atomic E-state index is -1.51. The van der Waals surface area contributed by atoms with Crippen molar-refractivity contribution in [1.82, 2.24) is 14.2 Å². The lowest BCUT2D eigenvalue weighted by Gasteiger charge is -2.20. The van der Waals surface area contributed by atoms with Crippen LogP contribution in [0.2, 0.25) is 0 Å². The zero-order chi connectivity index (χ0) is 69.0. The van der Waals surface area contributed by atoms with E-state index < -0.39 is 53.6 Å². The molecule has 0 atom stereocenters. The second kappa shape index (κ2) is 27.5. The van der Waals surface area contributed by atoms with E-state index in [9.17, 15) is 58.5 Å². The minimum Gasteiger partial charge on any atom is -0.545 e. The van der Waals surface area contributed by atoms with Gasteiger partial charge in [0.2, 0.25) is 16.4 Å². The summed E-state index contributed by atoms with van der Waals surface area (Å²) < 4.78 is 22.4. The fourth-order valence-electron chi connectivity index (χ4n) is 10.3. The Morgan fingerprint density at radius 1 is 0.516 bits per heavy atom. The molecule has 1 saturated heterocycles. The van der Waals surface area contributed by atoms with Crippen LogP contribution in [0.5, 0.6) is 5.75 Å². The fraction of sp³-hybridized carbons (Fsp3) is 0.155. The Morgan fingerprint density at radius 3 is 1.44 bits per heavy atom. The third-order valence-electron chi connectivity index (χ3n) is 15.3. The Morgan fingerprint density at radius 2 is 0.989 bits per heavy atom. The Kier molecular flexibility index (Phi) is 19.3. The highest BCUT2D eigenvalue weighted by Gasteiger charge is 2.34. The average molecular weight is 1290 g/mol. The van der Waals surface area contributed by atoms with Crippen LogP contribution in [0.4, 0.5) is 17.1 Å². The number of phenols is 1. The van der Waals surface area contributed by atoms with Crippen molar-refractivity contribution in [2.75, 3.05) is 73.2 Å². The van der Waals surface area contributed by atoms with E-state index in [1.807, 2.05) is 161 Å². The molecule has 6 aromatic carbocycles. The number of cyclic esters (lactones) is 2. The van der Waals surface area contributed by atoms with Crippen LogP contribution in [0.15, 0.2) is 160 Å². The van der Waals surface area contributed by atoms with Crippen LogP contribution in [0, 0.1) is 0 Å². The number of phenolic OH excluding ortho intramolecular Hbond substituents is 1. The van der Waals surface area contributed by atoms with Gasteiger partial charge in [-0.25, -0.2) is 37.7 Å². The number of nitrogens with zero attached hydrogens (tertiary/aromatic N) is 6. The van der Waals surface area contributed by atoms with Crippen molar-refractivity contribution in [2.45, 2.75) is 12.8 Å². The van der Waals surface area contributed by atoms with Gasteiger partial charge in [0, 0.05) is 121 Å². The molecule has 0 radical (unpaired) electrons. The van der Waals surface area contributed by atoms with Gasteiger partial charge in [0.15, 0.2) is 0 Å². The molecular formula is C71H61N6O18+. The lowest BCUT2D eigenvalue weighted by molar-refractivity contribution is -0.394. The van der Waals surface area contributed by atoms with Crippen LogP contribution in [0.3, 0.4) is 0 Å². The Labute approximate surface area is 541 Å². The number of rotatable bonds is 11. The van der Waals surface area contributed by atoms with Crippen LogP contribution in [0.25, 0.3) is 66.8 Å². The standard InChI is InChI=1S/C29H25N3O7.C25H22N2O5.C9H4O5.C8H9NO/c1-30(2)17-6-9-20-23(14-17)38-24-15-18(31(3)4)7-10-21(24)27(20)19-8-5-16(13-22(19)28(35)36)29(37)39-32-25(33)11-12-26(32)34;1-26(2)15-6-9-18-21(12-15)32-22-13-16(27(3)4)7-10-19(22)23(18)17-8-5-14(24(28)29)11-20(17)25(30)31;10-7(11)4-1-2-5-6(3-4)9(13)14-8(5)12;1-9(2)7-4-3-5-8(10)6-7/h5-10,13-15H,11-12H2,1-4H3;5-13H,1-4H3,(H-,28,29,30,31);1-3H,(H,10,11);3-6H,1H2,2H3/p+1. The number of carboxylic acids is 4. The molecule has 6 aromatic rings. The van der Waals surface area contributed by atoms with E-state index in [0.717, 1.165) is 56.9 Å². The number of carbonyl (C=O) groups is 9. The molecule has 4 heterocycles. The fourth-order valence-corrected chi connectivity index (χ4v) is 10.3. The number of esters is 2. The molecule has 482 valence electrons. The monoisotopic (exact) mass is 1290 g/mol. The number of imide groups is 1. The highest BCUT2D eigenvalue weighted by atomic mass is 16.7. The smallest absolute Gasteiger partial charge is 0.363 e. The molecule has 2 aliphatic carbocycles. The number of benzene rings is 8. The van der Waals surface area contributed by atoms with Gasteiger partial charge >= 0.3 is 29.8 Å². The summed E-state index contributed by atoms with van der Waals surface area (Å²) in [5.41, 5.74) is 6.58. The summed E-state index contributed by atoms with van der Waals surface area (Å²) in [6.07, 6.45) is -0.112. The Balaban J connectivity index is 0.000000168. The van der Waals surface area contributed by atoms with Crippen LogP contribution in [0.1, 0.15) is 85.3 Å². The summed E-state index contributed by atoms with van der Waals surface area (Å²) in [7, 11) is 17.1. The van der Waals surface area contributed by atoms with Gasteiger partial charge in [-0.05, 0) is 95.6 Å². The molecule has 0 unspecified atom stereocenters. The molecule has 4 aliphatic heterocycles. The normalized spacial score (nSPS) is 12.2. The third kappa shape index (κ3) is 14.3. The Hall–Kier alpha value is -12.6. The molecule has 6 aliphatic rings. The van der Waals surface area contributed by atoms with Crippen LogP contribution in [-0.2, 0) is 19.2 Å². The minimum absolute atomic E-state index is 0.00917. The predicted molar refractivity (Wildman–Crippen MR) is 346 cm³/mol. The molecule has 2 amide bonds. The average Bonchev–Trinajstić information content (AvgIpc) is 1.39. The van der Waals surface area contributed by atoms with Gasteiger partial charge in [-0.2, -0.15) is 0 Å². The molecule has 24 nitrogen and oxygen atoms in total. The molecule has 0 saturated carbocycles. The van der Waals surface area contributed by atoms with Crippen molar-refractivity contribution in [1.29, 1.82) is 0 Å². The summed E-state index contributed by atoms with van der Waals surface area (Å²) in [5, 5.41) is 54.8. The first-order valence-electron chi connectivity index (χ1n) is 28.9. The van der Waals surface area contributed by atoms with Crippen LogP contribution >= 0.6 is 0 Å².